The molecular weight excluding hydrogens is 338 g/mol. The number of urea groups is 1. The van der Waals surface area contributed by atoms with Crippen LogP contribution in [0.3, 0.4) is 0 Å². The third-order valence-electron chi connectivity index (χ3n) is 4.16. The minimum absolute atomic E-state index is 0.134. The quantitative estimate of drug-likeness (QED) is 0.828. The summed E-state index contributed by atoms with van der Waals surface area (Å²) >= 11 is 5.92. The fraction of sp³-hybridized carbons (Fsp3) is 0.263. The molecule has 1 fully saturated rings. The molecule has 0 spiro atoms. The van der Waals surface area contributed by atoms with E-state index in [4.69, 9.17) is 11.6 Å². The number of piperidine rings is 1. The Balaban J connectivity index is 1.73. The lowest BCUT2D eigenvalue weighted by molar-refractivity contribution is -0.119. The highest BCUT2D eigenvalue weighted by molar-refractivity contribution is 6.30. The second-order valence-corrected chi connectivity index (χ2v) is 6.53. The van der Waals surface area contributed by atoms with Crippen molar-refractivity contribution in [1.82, 2.24) is 0 Å². The molecule has 3 rings (SSSR count). The average molecular weight is 358 g/mol. The Kier molecular flexibility index (Phi) is 5.24. The number of amides is 3. The predicted octanol–water partition coefficient (Wildman–Crippen LogP) is 4.81. The van der Waals surface area contributed by atoms with Crippen LogP contribution in [0.1, 0.15) is 24.8 Å². The first-order valence-corrected chi connectivity index (χ1v) is 8.65. The number of nitrogens with zero attached hydrogens (tertiary/aromatic N) is 1. The Bertz CT molecular complexity index is 807. The van der Waals surface area contributed by atoms with Gasteiger partial charge in [0, 0.05) is 35.1 Å². The van der Waals surface area contributed by atoms with E-state index in [9.17, 15) is 9.59 Å². The minimum Gasteiger partial charge on any atom is -0.312 e. The van der Waals surface area contributed by atoms with Crippen molar-refractivity contribution in [3.05, 3.63) is 53.1 Å². The van der Waals surface area contributed by atoms with Crippen LogP contribution in [0, 0.1) is 6.92 Å². The Hall–Kier alpha value is -2.53. The number of nitrogens with one attached hydrogen (secondary N) is 2. The van der Waals surface area contributed by atoms with Gasteiger partial charge in [-0.05, 0) is 55.7 Å². The number of carbonyl (C=O) groups excluding carboxylic acids is 2. The van der Waals surface area contributed by atoms with Crippen LogP contribution in [0.2, 0.25) is 5.02 Å². The van der Waals surface area contributed by atoms with E-state index in [0.29, 0.717) is 22.8 Å². The van der Waals surface area contributed by atoms with E-state index in [1.165, 1.54) is 0 Å². The van der Waals surface area contributed by atoms with Gasteiger partial charge in [-0.15, -0.1) is 0 Å². The smallest absolute Gasteiger partial charge is 0.312 e. The standard InChI is InChI=1S/C19H20ClN3O2/c1-13-8-9-16(12-17(13)23-10-3-2-7-18(23)24)22-19(25)21-15-6-4-5-14(20)11-15/h4-6,8-9,11-12H,2-3,7,10H2,1H3,(H2,21,22,25). The molecule has 1 heterocycles. The van der Waals surface area contributed by atoms with Gasteiger partial charge in [0.05, 0.1) is 0 Å². The Morgan fingerprint density at radius 3 is 2.56 bits per heavy atom. The fourth-order valence-corrected chi connectivity index (χ4v) is 3.09. The van der Waals surface area contributed by atoms with Crippen molar-refractivity contribution in [1.29, 1.82) is 0 Å². The van der Waals surface area contributed by atoms with Gasteiger partial charge >= 0.3 is 6.03 Å². The summed E-state index contributed by atoms with van der Waals surface area (Å²) in [6.07, 6.45) is 2.51. The molecule has 0 unspecified atom stereocenters. The van der Waals surface area contributed by atoms with E-state index in [-0.39, 0.29) is 11.9 Å². The number of anilines is 3. The van der Waals surface area contributed by atoms with E-state index < -0.39 is 0 Å². The molecule has 0 radical (unpaired) electrons. The second kappa shape index (κ2) is 7.57. The molecule has 5 nitrogen and oxygen atoms in total. The summed E-state index contributed by atoms with van der Waals surface area (Å²) in [7, 11) is 0. The fourth-order valence-electron chi connectivity index (χ4n) is 2.90. The molecule has 25 heavy (non-hydrogen) atoms. The molecule has 2 aromatic rings. The summed E-state index contributed by atoms with van der Waals surface area (Å²) in [4.78, 5) is 26.2. The maximum Gasteiger partial charge on any atom is 0.323 e. The first-order valence-electron chi connectivity index (χ1n) is 8.27. The first kappa shape index (κ1) is 17.3. The number of rotatable bonds is 3. The highest BCUT2D eigenvalue weighted by atomic mass is 35.5. The maximum absolute atomic E-state index is 12.2. The van der Waals surface area contributed by atoms with E-state index in [1.54, 1.807) is 29.2 Å². The van der Waals surface area contributed by atoms with Gasteiger partial charge < -0.3 is 15.5 Å². The van der Waals surface area contributed by atoms with Crippen LogP contribution in [-0.4, -0.2) is 18.5 Å². The molecule has 1 saturated heterocycles. The maximum atomic E-state index is 12.2. The van der Waals surface area contributed by atoms with Crippen LogP contribution < -0.4 is 15.5 Å². The number of benzene rings is 2. The lowest BCUT2D eigenvalue weighted by atomic mass is 10.1. The van der Waals surface area contributed by atoms with Crippen molar-refractivity contribution in [3.63, 3.8) is 0 Å². The zero-order valence-electron chi connectivity index (χ0n) is 14.0. The van der Waals surface area contributed by atoms with Crippen LogP contribution in [0.25, 0.3) is 0 Å². The van der Waals surface area contributed by atoms with Gasteiger partial charge in [0.1, 0.15) is 0 Å². The molecule has 2 aromatic carbocycles. The van der Waals surface area contributed by atoms with Crippen LogP contribution in [-0.2, 0) is 4.79 Å². The molecule has 6 heteroatoms. The molecule has 0 aliphatic carbocycles. The van der Waals surface area contributed by atoms with Crippen molar-refractivity contribution < 1.29 is 9.59 Å². The molecule has 1 aliphatic rings. The molecule has 0 atom stereocenters. The highest BCUT2D eigenvalue weighted by Crippen LogP contribution is 2.28. The minimum atomic E-state index is -0.359. The molecule has 0 aromatic heterocycles. The molecule has 0 bridgehead atoms. The summed E-state index contributed by atoms with van der Waals surface area (Å²) in [6, 6.07) is 12.2. The Morgan fingerprint density at radius 1 is 1.08 bits per heavy atom. The highest BCUT2D eigenvalue weighted by Gasteiger charge is 2.21. The van der Waals surface area contributed by atoms with E-state index in [1.807, 2.05) is 25.1 Å². The Labute approximate surface area is 152 Å². The van der Waals surface area contributed by atoms with Gasteiger partial charge in [-0.1, -0.05) is 23.7 Å². The van der Waals surface area contributed by atoms with Crippen LogP contribution in [0.4, 0.5) is 21.9 Å². The molecule has 2 N–H and O–H groups in total. The number of halogens is 1. The largest absolute Gasteiger partial charge is 0.323 e. The summed E-state index contributed by atoms with van der Waals surface area (Å²) in [5, 5.41) is 6.09. The molecular formula is C19H20ClN3O2. The number of aryl methyl sites for hydroxylation is 1. The van der Waals surface area contributed by atoms with Gasteiger partial charge in [0.2, 0.25) is 5.91 Å². The molecule has 130 valence electrons. The molecule has 3 amide bonds. The summed E-state index contributed by atoms with van der Waals surface area (Å²) in [5.41, 5.74) is 3.11. The van der Waals surface area contributed by atoms with Crippen LogP contribution >= 0.6 is 11.6 Å². The van der Waals surface area contributed by atoms with Gasteiger partial charge in [0.15, 0.2) is 0 Å². The van der Waals surface area contributed by atoms with Crippen molar-refractivity contribution in [3.8, 4) is 0 Å². The van der Waals surface area contributed by atoms with E-state index >= 15 is 0 Å². The van der Waals surface area contributed by atoms with Gasteiger partial charge in [-0.3, -0.25) is 4.79 Å². The van der Waals surface area contributed by atoms with E-state index in [2.05, 4.69) is 10.6 Å². The van der Waals surface area contributed by atoms with Crippen LogP contribution in [0.15, 0.2) is 42.5 Å². The zero-order valence-corrected chi connectivity index (χ0v) is 14.8. The first-order chi connectivity index (χ1) is 12.0. The van der Waals surface area contributed by atoms with Crippen LogP contribution in [0.5, 0.6) is 0 Å². The second-order valence-electron chi connectivity index (χ2n) is 6.09. The Morgan fingerprint density at radius 2 is 1.84 bits per heavy atom. The third-order valence-corrected chi connectivity index (χ3v) is 4.40. The number of carbonyl (C=O) groups is 2. The topological polar surface area (TPSA) is 61.4 Å². The van der Waals surface area contributed by atoms with Crippen molar-refractivity contribution >= 4 is 40.6 Å². The molecule has 0 saturated carbocycles. The third kappa shape index (κ3) is 4.31. The van der Waals surface area contributed by atoms with Gasteiger partial charge in [0.25, 0.3) is 0 Å². The van der Waals surface area contributed by atoms with Gasteiger partial charge in [-0.25, -0.2) is 4.79 Å². The average Bonchev–Trinajstić information content (AvgIpc) is 2.57. The monoisotopic (exact) mass is 357 g/mol. The predicted molar refractivity (Wildman–Crippen MR) is 101 cm³/mol. The van der Waals surface area contributed by atoms with E-state index in [0.717, 1.165) is 30.6 Å². The summed E-state index contributed by atoms with van der Waals surface area (Å²) in [5.74, 6) is 0.134. The van der Waals surface area contributed by atoms with Crippen molar-refractivity contribution in [2.24, 2.45) is 0 Å². The zero-order chi connectivity index (χ0) is 17.8. The normalized spacial score (nSPS) is 14.3. The summed E-state index contributed by atoms with van der Waals surface area (Å²) < 4.78 is 0. The number of hydrogen-bond donors (Lipinski definition) is 2. The summed E-state index contributed by atoms with van der Waals surface area (Å²) in [6.45, 7) is 2.69. The SMILES string of the molecule is Cc1ccc(NC(=O)Nc2cccc(Cl)c2)cc1N1CCCCC1=O. The number of hydrogen-bond acceptors (Lipinski definition) is 2. The van der Waals surface area contributed by atoms with Gasteiger partial charge in [-0.2, -0.15) is 0 Å². The lowest BCUT2D eigenvalue weighted by Crippen LogP contribution is -2.35. The van der Waals surface area contributed by atoms with Crippen molar-refractivity contribution in [2.45, 2.75) is 26.2 Å². The molecule has 1 aliphatic heterocycles. The van der Waals surface area contributed by atoms with Crippen molar-refractivity contribution in [2.75, 3.05) is 22.1 Å². The lowest BCUT2D eigenvalue weighted by Gasteiger charge is -2.28.